The number of carbonyl (C=O) groups excluding carboxylic acids is 2. The molecular weight excluding hydrogens is 473 g/mol. The second-order valence-electron chi connectivity index (χ2n) is 8.83. The maximum absolute atomic E-state index is 13.7. The van der Waals surface area contributed by atoms with E-state index < -0.39 is 54.7 Å². The van der Waals surface area contributed by atoms with Gasteiger partial charge in [-0.1, -0.05) is 0 Å². The Balaban J connectivity index is 1.47. The van der Waals surface area contributed by atoms with E-state index in [1.165, 1.54) is 29.2 Å². The Labute approximate surface area is 198 Å². The summed E-state index contributed by atoms with van der Waals surface area (Å²) in [5.74, 6) is -4.33. The molecule has 35 heavy (non-hydrogen) atoms. The molecule has 3 heterocycles. The number of rotatable bonds is 6. The van der Waals surface area contributed by atoms with Crippen molar-refractivity contribution in [2.45, 2.75) is 50.6 Å². The number of alkyl halides is 4. The summed E-state index contributed by atoms with van der Waals surface area (Å²) < 4.78 is 68.0. The standard InChI is InChI=1S/C23H24F5N5O2/c24-14-3-1-13(2-4-14)22-30-17-11-32(8-6-16(17)20(31-22)21(25)26)19(35)9-15(29)10-33-12-23(27,28)7-5-18(33)34/h1-4,15,21H,5-12,29H2/t15-/m0/s1. The molecule has 0 spiro atoms. The summed E-state index contributed by atoms with van der Waals surface area (Å²) in [5.41, 5.74) is 6.44. The largest absolute Gasteiger partial charge is 0.336 e. The summed E-state index contributed by atoms with van der Waals surface area (Å²) in [6.45, 7) is -0.836. The minimum Gasteiger partial charge on any atom is -0.336 e. The minimum absolute atomic E-state index is 0.00501. The smallest absolute Gasteiger partial charge is 0.280 e. The second-order valence-corrected chi connectivity index (χ2v) is 8.83. The first-order valence-corrected chi connectivity index (χ1v) is 11.1. The van der Waals surface area contributed by atoms with Gasteiger partial charge in [-0.3, -0.25) is 9.59 Å². The molecule has 2 aliphatic rings. The number of fused-ring (bicyclic) bond motifs is 1. The lowest BCUT2D eigenvalue weighted by atomic mass is 10.0. The molecule has 0 unspecified atom stereocenters. The molecule has 1 aromatic heterocycles. The zero-order valence-electron chi connectivity index (χ0n) is 18.7. The van der Waals surface area contributed by atoms with Crippen LogP contribution in [0, 0.1) is 5.82 Å². The summed E-state index contributed by atoms with van der Waals surface area (Å²) in [6.07, 6.45) is -3.74. The van der Waals surface area contributed by atoms with Crippen LogP contribution >= 0.6 is 0 Å². The first-order chi connectivity index (χ1) is 16.5. The zero-order valence-corrected chi connectivity index (χ0v) is 18.7. The predicted octanol–water partition coefficient (Wildman–Crippen LogP) is 3.08. The van der Waals surface area contributed by atoms with Crippen molar-refractivity contribution in [2.24, 2.45) is 5.73 Å². The van der Waals surface area contributed by atoms with Gasteiger partial charge >= 0.3 is 0 Å². The van der Waals surface area contributed by atoms with Gasteiger partial charge in [-0.15, -0.1) is 0 Å². The monoisotopic (exact) mass is 497 g/mol. The Bertz CT molecular complexity index is 1110. The average molecular weight is 497 g/mol. The molecular formula is C23H24F5N5O2. The predicted molar refractivity (Wildman–Crippen MR) is 115 cm³/mol. The van der Waals surface area contributed by atoms with Crippen LogP contribution in [0.25, 0.3) is 11.4 Å². The first-order valence-electron chi connectivity index (χ1n) is 11.1. The number of nitrogens with zero attached hydrogens (tertiary/aromatic N) is 4. The van der Waals surface area contributed by atoms with E-state index in [0.717, 1.165) is 4.90 Å². The number of piperidine rings is 1. The molecule has 1 saturated heterocycles. The van der Waals surface area contributed by atoms with E-state index in [4.69, 9.17) is 5.73 Å². The third-order valence-corrected chi connectivity index (χ3v) is 6.13. The van der Waals surface area contributed by atoms with Gasteiger partial charge in [-0.05, 0) is 30.7 Å². The third kappa shape index (κ3) is 5.75. The number of likely N-dealkylation sites (tertiary alicyclic amines) is 1. The second kappa shape index (κ2) is 9.84. The molecule has 4 rings (SSSR count). The van der Waals surface area contributed by atoms with Crippen molar-refractivity contribution in [3.05, 3.63) is 47.0 Å². The quantitative estimate of drug-likeness (QED) is 0.620. The zero-order chi connectivity index (χ0) is 25.3. The molecule has 188 valence electrons. The molecule has 2 aromatic rings. The molecule has 1 fully saturated rings. The fourth-order valence-corrected chi connectivity index (χ4v) is 4.34. The fourth-order valence-electron chi connectivity index (χ4n) is 4.34. The molecule has 2 N–H and O–H groups in total. The van der Waals surface area contributed by atoms with Crippen LogP contribution in [-0.2, 0) is 22.6 Å². The minimum atomic E-state index is -2.99. The average Bonchev–Trinajstić information content (AvgIpc) is 2.80. The lowest BCUT2D eigenvalue weighted by Gasteiger charge is -2.34. The van der Waals surface area contributed by atoms with E-state index >= 15 is 0 Å². The van der Waals surface area contributed by atoms with Gasteiger partial charge in [0.25, 0.3) is 12.3 Å². The Kier molecular flexibility index (Phi) is 7.02. The van der Waals surface area contributed by atoms with Crippen LogP contribution < -0.4 is 5.73 Å². The topological polar surface area (TPSA) is 92.4 Å². The molecule has 0 bridgehead atoms. The molecule has 0 saturated carbocycles. The van der Waals surface area contributed by atoms with Gasteiger partial charge in [0.15, 0.2) is 5.82 Å². The summed E-state index contributed by atoms with van der Waals surface area (Å²) in [5, 5.41) is 0. The molecule has 2 aliphatic heterocycles. The van der Waals surface area contributed by atoms with Crippen LogP contribution in [0.5, 0.6) is 0 Å². The van der Waals surface area contributed by atoms with Crippen molar-refractivity contribution in [2.75, 3.05) is 19.6 Å². The van der Waals surface area contributed by atoms with Crippen LogP contribution in [0.2, 0.25) is 0 Å². The van der Waals surface area contributed by atoms with Crippen molar-refractivity contribution in [3.63, 3.8) is 0 Å². The van der Waals surface area contributed by atoms with Crippen molar-refractivity contribution in [1.82, 2.24) is 19.8 Å². The Hall–Kier alpha value is -3.15. The highest BCUT2D eigenvalue weighted by molar-refractivity contribution is 5.78. The van der Waals surface area contributed by atoms with Gasteiger partial charge in [0.2, 0.25) is 11.8 Å². The number of hydrogen-bond acceptors (Lipinski definition) is 5. The molecule has 1 aromatic carbocycles. The Morgan fingerprint density at radius 1 is 1.14 bits per heavy atom. The summed E-state index contributed by atoms with van der Waals surface area (Å²) >= 11 is 0. The van der Waals surface area contributed by atoms with E-state index in [0.29, 0.717) is 5.56 Å². The van der Waals surface area contributed by atoms with Crippen molar-refractivity contribution in [1.29, 1.82) is 0 Å². The van der Waals surface area contributed by atoms with Crippen LogP contribution in [-0.4, -0.2) is 63.2 Å². The summed E-state index contributed by atoms with van der Waals surface area (Å²) in [6, 6.07) is 4.23. The van der Waals surface area contributed by atoms with E-state index in [-0.39, 0.29) is 56.0 Å². The molecule has 12 heteroatoms. The highest BCUT2D eigenvalue weighted by atomic mass is 19.3. The number of aromatic nitrogens is 2. The number of hydrogen-bond donors (Lipinski definition) is 1. The Morgan fingerprint density at radius 2 is 1.86 bits per heavy atom. The van der Waals surface area contributed by atoms with Gasteiger partial charge in [0, 0.05) is 49.5 Å². The Morgan fingerprint density at radius 3 is 2.54 bits per heavy atom. The van der Waals surface area contributed by atoms with E-state index in [2.05, 4.69) is 9.97 Å². The lowest BCUT2D eigenvalue weighted by Crippen LogP contribution is -2.51. The summed E-state index contributed by atoms with van der Waals surface area (Å²) in [4.78, 5) is 35.5. The molecule has 7 nitrogen and oxygen atoms in total. The van der Waals surface area contributed by atoms with E-state index in [9.17, 15) is 31.5 Å². The van der Waals surface area contributed by atoms with Crippen molar-refractivity contribution < 1.29 is 31.5 Å². The van der Waals surface area contributed by atoms with Crippen LogP contribution in [0.3, 0.4) is 0 Å². The fraction of sp³-hybridized carbons (Fsp3) is 0.478. The maximum atomic E-state index is 13.7. The van der Waals surface area contributed by atoms with Crippen LogP contribution in [0.15, 0.2) is 24.3 Å². The maximum Gasteiger partial charge on any atom is 0.280 e. The SMILES string of the molecule is N[C@@H](CC(=O)N1CCc2c(nc(-c3ccc(F)cc3)nc2C(F)F)C1)CN1CC(F)(F)CCC1=O. The van der Waals surface area contributed by atoms with Gasteiger partial charge in [0.1, 0.15) is 11.5 Å². The molecule has 2 amide bonds. The van der Waals surface area contributed by atoms with E-state index in [1.807, 2.05) is 0 Å². The third-order valence-electron chi connectivity index (χ3n) is 6.13. The number of halogens is 5. The molecule has 0 aliphatic carbocycles. The van der Waals surface area contributed by atoms with Gasteiger partial charge in [0.05, 0.1) is 18.8 Å². The molecule has 0 radical (unpaired) electrons. The first kappa shape index (κ1) is 25.0. The van der Waals surface area contributed by atoms with Gasteiger partial charge in [-0.25, -0.2) is 31.9 Å². The summed E-state index contributed by atoms with van der Waals surface area (Å²) in [7, 11) is 0. The van der Waals surface area contributed by atoms with Crippen LogP contribution in [0.4, 0.5) is 22.0 Å². The van der Waals surface area contributed by atoms with E-state index in [1.54, 1.807) is 0 Å². The number of benzene rings is 1. The molecule has 1 atom stereocenters. The van der Waals surface area contributed by atoms with Gasteiger partial charge < -0.3 is 15.5 Å². The number of amides is 2. The van der Waals surface area contributed by atoms with Crippen LogP contribution in [0.1, 0.15) is 42.6 Å². The number of carbonyl (C=O) groups is 2. The lowest BCUT2D eigenvalue weighted by molar-refractivity contribution is -0.148. The van der Waals surface area contributed by atoms with Gasteiger partial charge in [-0.2, -0.15) is 0 Å². The highest BCUT2D eigenvalue weighted by Crippen LogP contribution is 2.31. The van der Waals surface area contributed by atoms with Crippen molar-refractivity contribution >= 4 is 11.8 Å². The number of nitrogens with two attached hydrogens (primary N) is 1. The normalized spacial score (nSPS) is 18.5. The van der Waals surface area contributed by atoms with Crippen molar-refractivity contribution in [3.8, 4) is 11.4 Å². The highest BCUT2D eigenvalue weighted by Gasteiger charge is 2.39.